The molecule has 6 heteroatoms. The highest BCUT2D eigenvalue weighted by molar-refractivity contribution is 5.87. The second kappa shape index (κ2) is 8.78. The minimum Gasteiger partial charge on any atom is -0.497 e. The Morgan fingerprint density at radius 1 is 1.23 bits per heavy atom. The van der Waals surface area contributed by atoms with Crippen LogP contribution in [0.15, 0.2) is 41.5 Å². The molecule has 1 aliphatic heterocycles. The first kappa shape index (κ1) is 21.7. The summed E-state index contributed by atoms with van der Waals surface area (Å²) in [6.45, 7) is 6.76. The van der Waals surface area contributed by atoms with E-state index in [2.05, 4.69) is 55.4 Å². The number of hydrogen-bond acceptors (Lipinski definition) is 5. The third kappa shape index (κ3) is 4.58. The predicted octanol–water partition coefficient (Wildman–Crippen LogP) is 4.12. The van der Waals surface area contributed by atoms with Gasteiger partial charge in [0.25, 0.3) is 0 Å². The van der Waals surface area contributed by atoms with Crippen molar-refractivity contribution in [2.75, 3.05) is 26.2 Å². The van der Waals surface area contributed by atoms with Gasteiger partial charge in [-0.25, -0.2) is 5.43 Å². The second-order valence-electron chi connectivity index (χ2n) is 8.45. The fourth-order valence-corrected chi connectivity index (χ4v) is 4.03. The van der Waals surface area contributed by atoms with Gasteiger partial charge in [-0.2, -0.15) is 5.10 Å². The third-order valence-electron chi connectivity index (χ3n) is 5.90. The summed E-state index contributed by atoms with van der Waals surface area (Å²) in [4.78, 5) is 14.5. The van der Waals surface area contributed by atoms with E-state index in [1.807, 2.05) is 24.3 Å². The maximum Gasteiger partial charge on any atom is 0.244 e. The average Bonchev–Trinajstić information content (AvgIpc) is 2.72. The van der Waals surface area contributed by atoms with Crippen molar-refractivity contribution in [1.82, 2.24) is 5.43 Å². The Bertz CT molecular complexity index is 935. The first-order chi connectivity index (χ1) is 14.2. The van der Waals surface area contributed by atoms with Crippen LogP contribution in [-0.2, 0) is 11.2 Å². The minimum atomic E-state index is -0.178. The van der Waals surface area contributed by atoms with E-state index in [-0.39, 0.29) is 17.9 Å². The maximum absolute atomic E-state index is 12.2. The normalized spacial score (nSPS) is 17.5. The van der Waals surface area contributed by atoms with Crippen LogP contribution in [0.25, 0.3) is 0 Å². The summed E-state index contributed by atoms with van der Waals surface area (Å²) >= 11 is 0. The molecule has 30 heavy (non-hydrogen) atoms. The highest BCUT2D eigenvalue weighted by Gasteiger charge is 2.34. The van der Waals surface area contributed by atoms with Crippen molar-refractivity contribution in [2.45, 2.75) is 45.1 Å². The Hall–Kier alpha value is -3.02. The van der Waals surface area contributed by atoms with Crippen LogP contribution in [0.1, 0.15) is 49.8 Å². The van der Waals surface area contributed by atoms with Crippen molar-refractivity contribution in [2.24, 2.45) is 5.10 Å². The molecule has 3 rings (SSSR count). The van der Waals surface area contributed by atoms with Crippen LogP contribution in [0.2, 0.25) is 0 Å². The van der Waals surface area contributed by atoms with E-state index in [9.17, 15) is 4.79 Å². The van der Waals surface area contributed by atoms with Gasteiger partial charge in [-0.05, 0) is 55.5 Å². The van der Waals surface area contributed by atoms with Crippen molar-refractivity contribution >= 4 is 17.8 Å². The smallest absolute Gasteiger partial charge is 0.244 e. The molecule has 1 unspecified atom stereocenters. The molecule has 0 radical (unpaired) electrons. The lowest BCUT2D eigenvalue weighted by Crippen LogP contribution is -2.45. The zero-order valence-electron chi connectivity index (χ0n) is 18.7. The summed E-state index contributed by atoms with van der Waals surface area (Å²) < 4.78 is 10.7. The summed E-state index contributed by atoms with van der Waals surface area (Å²) in [5.41, 5.74) is 6.88. The number of benzene rings is 2. The van der Waals surface area contributed by atoms with Gasteiger partial charge in [-0.3, -0.25) is 4.79 Å². The number of hydrogen-bond donors (Lipinski definition) is 1. The van der Waals surface area contributed by atoms with Crippen LogP contribution < -0.4 is 19.8 Å². The van der Waals surface area contributed by atoms with Crippen LogP contribution in [-0.4, -0.2) is 38.9 Å². The molecule has 6 nitrogen and oxygen atoms in total. The van der Waals surface area contributed by atoms with Crippen molar-refractivity contribution in [3.05, 3.63) is 53.1 Å². The number of methoxy groups -OCH3 is 2. The Balaban J connectivity index is 1.73. The number of ether oxygens (including phenoxy) is 2. The summed E-state index contributed by atoms with van der Waals surface area (Å²) in [5, 5.41) is 4.16. The molecule has 1 aliphatic rings. The summed E-state index contributed by atoms with van der Waals surface area (Å²) in [6.07, 6.45) is 2.97. The van der Waals surface area contributed by atoms with Gasteiger partial charge in [-0.15, -0.1) is 0 Å². The highest BCUT2D eigenvalue weighted by Crippen LogP contribution is 2.44. The molecule has 0 saturated heterocycles. The molecule has 1 amide bonds. The fourth-order valence-electron chi connectivity index (χ4n) is 4.03. The van der Waals surface area contributed by atoms with Gasteiger partial charge < -0.3 is 14.4 Å². The van der Waals surface area contributed by atoms with Gasteiger partial charge in [0.1, 0.15) is 11.5 Å². The summed E-state index contributed by atoms with van der Waals surface area (Å²) in [5.74, 6) is 1.75. The van der Waals surface area contributed by atoms with Crippen molar-refractivity contribution in [3.8, 4) is 11.5 Å². The number of anilines is 1. The first-order valence-electron chi connectivity index (χ1n) is 10.2. The predicted molar refractivity (Wildman–Crippen MR) is 121 cm³/mol. The van der Waals surface area contributed by atoms with Crippen LogP contribution in [0, 0.1) is 0 Å². The van der Waals surface area contributed by atoms with E-state index in [1.165, 1.54) is 11.3 Å². The number of nitrogens with one attached hydrogen (secondary N) is 1. The average molecular weight is 410 g/mol. The fraction of sp³-hybridized carbons (Fsp3) is 0.417. The van der Waals surface area contributed by atoms with Gasteiger partial charge in [0.2, 0.25) is 5.91 Å². The lowest BCUT2D eigenvalue weighted by Gasteiger charge is -2.45. The standard InChI is InChI=1S/C24H31N3O3/c1-16-14-24(2,3)27(4)21-13-22(30-6)18(12-20(16)21)15-25-26-23(28)11-17-7-9-19(29-5)10-8-17/h7-10,12-13,15-16H,11,14H2,1-6H3,(H,26,28)/b25-15+. The SMILES string of the molecule is COc1ccc(CC(=O)N/N=C/c2cc3c(cc2OC)N(C)C(C)(C)CC3C)cc1. The Morgan fingerprint density at radius 2 is 1.93 bits per heavy atom. The quantitative estimate of drug-likeness (QED) is 0.576. The van der Waals surface area contributed by atoms with E-state index in [1.54, 1.807) is 20.4 Å². The highest BCUT2D eigenvalue weighted by atomic mass is 16.5. The molecule has 1 N–H and O–H groups in total. The molecule has 2 aromatic carbocycles. The lowest BCUT2D eigenvalue weighted by atomic mass is 9.80. The zero-order valence-corrected chi connectivity index (χ0v) is 18.7. The van der Waals surface area contributed by atoms with Crippen LogP contribution in [0.5, 0.6) is 11.5 Å². The first-order valence-corrected chi connectivity index (χ1v) is 10.2. The molecule has 0 aromatic heterocycles. The summed E-state index contributed by atoms with van der Waals surface area (Å²) in [7, 11) is 5.39. The molecule has 0 saturated carbocycles. The molecule has 0 bridgehead atoms. The minimum absolute atomic E-state index is 0.0858. The van der Waals surface area contributed by atoms with Gasteiger partial charge in [-0.1, -0.05) is 19.1 Å². The third-order valence-corrected chi connectivity index (χ3v) is 5.90. The van der Waals surface area contributed by atoms with Gasteiger partial charge in [0.15, 0.2) is 0 Å². The number of carbonyl (C=O) groups is 1. The largest absolute Gasteiger partial charge is 0.497 e. The van der Waals surface area contributed by atoms with Gasteiger partial charge >= 0.3 is 0 Å². The molecule has 2 aromatic rings. The molecule has 160 valence electrons. The molecular weight excluding hydrogens is 378 g/mol. The van der Waals surface area contributed by atoms with Crippen molar-refractivity contribution < 1.29 is 14.3 Å². The Kier molecular flexibility index (Phi) is 6.34. The number of fused-ring (bicyclic) bond motifs is 1. The molecular formula is C24H31N3O3. The van der Waals surface area contributed by atoms with Gasteiger partial charge in [0, 0.05) is 29.9 Å². The van der Waals surface area contributed by atoms with E-state index in [4.69, 9.17) is 9.47 Å². The molecule has 1 heterocycles. The Labute approximate surface area is 178 Å². The van der Waals surface area contributed by atoms with E-state index in [0.717, 1.165) is 29.0 Å². The van der Waals surface area contributed by atoms with E-state index < -0.39 is 0 Å². The van der Waals surface area contributed by atoms with Crippen molar-refractivity contribution in [1.29, 1.82) is 0 Å². The lowest BCUT2D eigenvalue weighted by molar-refractivity contribution is -0.120. The second-order valence-corrected chi connectivity index (χ2v) is 8.45. The van der Waals surface area contributed by atoms with E-state index >= 15 is 0 Å². The number of rotatable bonds is 6. The van der Waals surface area contributed by atoms with E-state index in [0.29, 0.717) is 5.92 Å². The summed E-state index contributed by atoms with van der Waals surface area (Å²) in [6, 6.07) is 11.6. The van der Waals surface area contributed by atoms with Crippen molar-refractivity contribution in [3.63, 3.8) is 0 Å². The van der Waals surface area contributed by atoms with Crippen LogP contribution >= 0.6 is 0 Å². The number of hydrazone groups is 1. The molecule has 0 fully saturated rings. The maximum atomic E-state index is 12.2. The number of carbonyl (C=O) groups excluding carboxylic acids is 1. The molecule has 0 aliphatic carbocycles. The topological polar surface area (TPSA) is 63.2 Å². The monoisotopic (exact) mass is 409 g/mol. The number of nitrogens with zero attached hydrogens (tertiary/aromatic N) is 2. The van der Waals surface area contributed by atoms with Crippen LogP contribution in [0.3, 0.4) is 0 Å². The molecule has 1 atom stereocenters. The zero-order chi connectivity index (χ0) is 21.9. The Morgan fingerprint density at radius 3 is 2.57 bits per heavy atom. The molecule has 0 spiro atoms. The van der Waals surface area contributed by atoms with Crippen LogP contribution in [0.4, 0.5) is 5.69 Å². The van der Waals surface area contributed by atoms with Gasteiger partial charge in [0.05, 0.1) is 26.9 Å². The number of amides is 1.